The van der Waals surface area contributed by atoms with Gasteiger partial charge in [0, 0.05) is 5.69 Å². The van der Waals surface area contributed by atoms with E-state index in [1.165, 1.54) is 30.5 Å². The average Bonchev–Trinajstić information content (AvgIpc) is 3.32. The second-order valence-corrected chi connectivity index (χ2v) is 6.56. The number of benzene rings is 2. The highest BCUT2D eigenvalue weighted by Crippen LogP contribution is 2.30. The molecule has 2 aromatic carbocycles. The molecule has 0 saturated carbocycles. The van der Waals surface area contributed by atoms with Gasteiger partial charge in [-0.25, -0.2) is 10.2 Å². The number of nitrogens with one attached hydrogen (secondary N) is 2. The van der Waals surface area contributed by atoms with Crippen molar-refractivity contribution in [1.29, 1.82) is 0 Å². The van der Waals surface area contributed by atoms with Gasteiger partial charge in [0.25, 0.3) is 0 Å². The maximum Gasteiger partial charge on any atom is 0.416 e. The minimum atomic E-state index is -4.59. The van der Waals surface area contributed by atoms with E-state index in [1.54, 1.807) is 25.1 Å². The molecule has 0 spiro atoms. The molecule has 3 aromatic rings. The fraction of sp³-hybridized carbons (Fsp3) is 0.0909. The van der Waals surface area contributed by atoms with E-state index in [9.17, 15) is 27.6 Å². The number of nitrogens with zero attached hydrogens (tertiary/aromatic N) is 1. The first-order chi connectivity index (χ1) is 15.6. The van der Waals surface area contributed by atoms with Gasteiger partial charge in [0.15, 0.2) is 0 Å². The highest BCUT2D eigenvalue weighted by atomic mass is 19.4. The van der Waals surface area contributed by atoms with Gasteiger partial charge in [0.1, 0.15) is 5.75 Å². The third-order valence-electron chi connectivity index (χ3n) is 4.18. The predicted molar refractivity (Wildman–Crippen MR) is 111 cm³/mol. The molecule has 0 aliphatic carbocycles. The lowest BCUT2D eigenvalue weighted by Gasteiger charge is -2.09. The zero-order valence-corrected chi connectivity index (χ0v) is 17.0. The van der Waals surface area contributed by atoms with E-state index in [4.69, 9.17) is 9.15 Å². The number of rotatable bonds is 5. The Morgan fingerprint density at radius 1 is 0.970 bits per heavy atom. The molecule has 3 rings (SSSR count). The van der Waals surface area contributed by atoms with Crippen LogP contribution in [-0.4, -0.2) is 23.5 Å². The number of esters is 1. The van der Waals surface area contributed by atoms with Crippen molar-refractivity contribution < 1.29 is 36.7 Å². The Kier molecular flexibility index (Phi) is 6.91. The summed E-state index contributed by atoms with van der Waals surface area (Å²) in [6.45, 7) is 1.55. The Balaban J connectivity index is 1.57. The molecule has 8 nitrogen and oxygen atoms in total. The highest BCUT2D eigenvalue weighted by Gasteiger charge is 2.30. The van der Waals surface area contributed by atoms with Crippen LogP contribution in [0.25, 0.3) is 0 Å². The maximum absolute atomic E-state index is 12.7. The predicted octanol–water partition coefficient (Wildman–Crippen LogP) is 4.00. The number of hydrogen-bond donors (Lipinski definition) is 2. The summed E-state index contributed by atoms with van der Waals surface area (Å²) in [6, 6.07) is 13.0. The number of carbonyl (C=O) groups excluding carboxylic acids is 3. The van der Waals surface area contributed by atoms with Gasteiger partial charge in [-0.05, 0) is 67.1 Å². The quantitative estimate of drug-likeness (QED) is 0.197. The molecular weight excluding hydrogens is 443 g/mol. The second kappa shape index (κ2) is 9.81. The van der Waals surface area contributed by atoms with Crippen molar-refractivity contribution in [1.82, 2.24) is 5.43 Å². The number of hydrogen-bond acceptors (Lipinski definition) is 6. The lowest BCUT2D eigenvalue weighted by Crippen LogP contribution is -2.33. The maximum atomic E-state index is 12.7. The van der Waals surface area contributed by atoms with Crippen LogP contribution in [0.1, 0.15) is 28.6 Å². The summed E-state index contributed by atoms with van der Waals surface area (Å²) in [6.07, 6.45) is -3.25. The third-order valence-corrected chi connectivity index (χ3v) is 4.18. The van der Waals surface area contributed by atoms with Crippen molar-refractivity contribution in [3.63, 3.8) is 0 Å². The van der Waals surface area contributed by atoms with Crippen molar-refractivity contribution in [2.45, 2.75) is 13.1 Å². The summed E-state index contributed by atoms with van der Waals surface area (Å²) in [7, 11) is 0. The summed E-state index contributed by atoms with van der Waals surface area (Å²) in [5.74, 6) is -2.74. The first kappa shape index (κ1) is 23.3. The molecule has 1 heterocycles. The van der Waals surface area contributed by atoms with Crippen LogP contribution in [0.3, 0.4) is 0 Å². The minimum Gasteiger partial charge on any atom is -0.457 e. The SMILES string of the molecule is C/C(=N\NC(=O)C(=O)Nc1cccc(C(F)(F)F)c1)c1ccc(OC(=O)c2ccco2)cc1. The topological polar surface area (TPSA) is 110 Å². The fourth-order valence-corrected chi connectivity index (χ4v) is 2.53. The third kappa shape index (κ3) is 6.29. The lowest BCUT2D eigenvalue weighted by molar-refractivity contribution is -0.137. The zero-order chi connectivity index (χ0) is 24.0. The molecule has 170 valence electrons. The molecule has 0 unspecified atom stereocenters. The number of halogens is 3. The van der Waals surface area contributed by atoms with Crippen molar-refractivity contribution in [3.05, 3.63) is 83.8 Å². The number of amides is 2. The van der Waals surface area contributed by atoms with Gasteiger partial charge < -0.3 is 14.5 Å². The molecular formula is C22H16F3N3O5. The molecule has 2 amide bonds. The van der Waals surface area contributed by atoms with Gasteiger partial charge in [-0.1, -0.05) is 6.07 Å². The molecule has 0 aliphatic rings. The molecule has 1 aromatic heterocycles. The van der Waals surface area contributed by atoms with Gasteiger partial charge in [0.2, 0.25) is 5.76 Å². The van der Waals surface area contributed by atoms with E-state index in [1.807, 2.05) is 5.43 Å². The van der Waals surface area contributed by atoms with E-state index in [0.717, 1.165) is 12.1 Å². The van der Waals surface area contributed by atoms with Gasteiger partial charge in [-0.2, -0.15) is 18.3 Å². The number of hydrazone groups is 1. The molecule has 0 saturated heterocycles. The molecule has 0 aliphatic heterocycles. The Bertz CT molecular complexity index is 1190. The summed E-state index contributed by atoms with van der Waals surface area (Å²) in [5.41, 5.74) is 1.74. The van der Waals surface area contributed by atoms with E-state index >= 15 is 0 Å². The summed E-state index contributed by atoms with van der Waals surface area (Å²) in [5, 5.41) is 5.88. The number of carbonyl (C=O) groups is 3. The molecule has 0 fully saturated rings. The van der Waals surface area contributed by atoms with Crippen molar-refractivity contribution in [2.75, 3.05) is 5.32 Å². The van der Waals surface area contributed by atoms with Crippen molar-refractivity contribution in [3.8, 4) is 5.75 Å². The Hall–Kier alpha value is -4.41. The number of furan rings is 1. The molecule has 11 heteroatoms. The van der Waals surface area contributed by atoms with Crippen molar-refractivity contribution in [2.24, 2.45) is 5.10 Å². The Morgan fingerprint density at radius 3 is 2.33 bits per heavy atom. The number of alkyl halides is 3. The molecule has 33 heavy (non-hydrogen) atoms. The second-order valence-electron chi connectivity index (χ2n) is 6.56. The van der Waals surface area contributed by atoms with E-state index in [-0.39, 0.29) is 17.2 Å². The van der Waals surface area contributed by atoms with Gasteiger partial charge in [0.05, 0.1) is 17.5 Å². The van der Waals surface area contributed by atoms with Crippen LogP contribution in [0.4, 0.5) is 18.9 Å². The monoisotopic (exact) mass is 459 g/mol. The van der Waals surface area contributed by atoms with Crippen LogP contribution in [-0.2, 0) is 15.8 Å². The highest BCUT2D eigenvalue weighted by molar-refractivity contribution is 6.39. The largest absolute Gasteiger partial charge is 0.457 e. The van der Waals surface area contributed by atoms with E-state index in [2.05, 4.69) is 10.4 Å². The van der Waals surface area contributed by atoms with Crippen molar-refractivity contribution >= 4 is 29.2 Å². The lowest BCUT2D eigenvalue weighted by atomic mass is 10.1. The zero-order valence-electron chi connectivity index (χ0n) is 17.0. The van der Waals surface area contributed by atoms with Gasteiger partial charge in [-0.15, -0.1) is 0 Å². The van der Waals surface area contributed by atoms with Crippen LogP contribution in [0.15, 0.2) is 76.4 Å². The molecule has 0 atom stereocenters. The normalized spacial score (nSPS) is 11.6. The summed E-state index contributed by atoms with van der Waals surface area (Å²) in [4.78, 5) is 35.7. The standard InChI is InChI=1S/C22H16F3N3O5/c1-13(14-7-9-17(10-8-14)33-21(31)18-6-3-11-32-18)27-28-20(30)19(29)26-16-5-2-4-15(12-16)22(23,24)25/h2-12H,1H3,(H,26,29)(H,28,30)/b27-13+. The smallest absolute Gasteiger partial charge is 0.416 e. The molecule has 2 N–H and O–H groups in total. The minimum absolute atomic E-state index is 0.0444. The fourth-order valence-electron chi connectivity index (χ4n) is 2.53. The van der Waals surface area contributed by atoms with Crippen LogP contribution < -0.4 is 15.5 Å². The van der Waals surface area contributed by atoms with Crippen LogP contribution in [0.2, 0.25) is 0 Å². The van der Waals surface area contributed by atoms with Crippen LogP contribution in [0.5, 0.6) is 5.75 Å². The molecule has 0 bridgehead atoms. The van der Waals surface area contributed by atoms with Crippen LogP contribution in [0, 0.1) is 0 Å². The Morgan fingerprint density at radius 2 is 1.70 bits per heavy atom. The first-order valence-corrected chi connectivity index (χ1v) is 9.32. The van der Waals surface area contributed by atoms with E-state index in [0.29, 0.717) is 17.3 Å². The number of anilines is 1. The average molecular weight is 459 g/mol. The van der Waals surface area contributed by atoms with Gasteiger partial charge >= 0.3 is 24.0 Å². The Labute approximate surface area is 185 Å². The van der Waals surface area contributed by atoms with Gasteiger partial charge in [-0.3, -0.25) is 9.59 Å². The first-order valence-electron chi connectivity index (χ1n) is 9.32. The van der Waals surface area contributed by atoms with Crippen LogP contribution >= 0.6 is 0 Å². The summed E-state index contributed by atoms with van der Waals surface area (Å²) >= 11 is 0. The number of ether oxygens (including phenoxy) is 1. The van der Waals surface area contributed by atoms with E-state index < -0.39 is 29.5 Å². The summed E-state index contributed by atoms with van der Waals surface area (Å²) < 4.78 is 48.3. The molecule has 0 radical (unpaired) electrons.